The minimum absolute atomic E-state index is 0.551. The van der Waals surface area contributed by atoms with Crippen molar-refractivity contribution in [2.24, 2.45) is 0 Å². The van der Waals surface area contributed by atoms with Gasteiger partial charge in [-0.05, 0) is 18.6 Å². The van der Waals surface area contributed by atoms with E-state index in [9.17, 15) is 0 Å². The van der Waals surface area contributed by atoms with Gasteiger partial charge in [-0.15, -0.1) is 0 Å². The quantitative estimate of drug-likeness (QED) is 0.685. The maximum absolute atomic E-state index is 4.21. The molecule has 2 heterocycles. The second-order valence-electron chi connectivity index (χ2n) is 3.26. The lowest BCUT2D eigenvalue weighted by Crippen LogP contribution is -2.05. The maximum atomic E-state index is 4.21. The van der Waals surface area contributed by atoms with Crippen molar-refractivity contribution in [3.63, 3.8) is 0 Å². The first-order valence-corrected chi connectivity index (χ1v) is 5.82. The number of aromatic nitrogens is 3. The number of hydrogen-bond acceptors (Lipinski definition) is 4. The van der Waals surface area contributed by atoms with Crippen LogP contribution in [0, 0.1) is 0 Å². The summed E-state index contributed by atoms with van der Waals surface area (Å²) in [6.07, 6.45) is 7.07. The second-order valence-corrected chi connectivity index (χ2v) is 4.41. The van der Waals surface area contributed by atoms with Gasteiger partial charge in [-0.3, -0.25) is 0 Å². The van der Waals surface area contributed by atoms with Crippen molar-refractivity contribution >= 4 is 11.8 Å². The van der Waals surface area contributed by atoms with E-state index in [4.69, 9.17) is 0 Å². The highest BCUT2D eigenvalue weighted by molar-refractivity contribution is 7.99. The summed E-state index contributed by atoms with van der Waals surface area (Å²) in [4.78, 5) is 12.3. The lowest BCUT2D eigenvalue weighted by Gasteiger charge is -2.10. The molecule has 1 aromatic heterocycles. The molecule has 1 atom stereocenters. The zero-order valence-corrected chi connectivity index (χ0v) is 8.33. The van der Waals surface area contributed by atoms with E-state index in [2.05, 4.69) is 15.0 Å². The largest absolute Gasteiger partial charge is 0.225 e. The molecule has 4 heteroatoms. The maximum Gasteiger partial charge on any atom is 0.135 e. The van der Waals surface area contributed by atoms with Gasteiger partial charge in [-0.1, -0.05) is 6.42 Å². The fraction of sp³-hybridized carbons (Fsp3) is 0.667. The average molecular weight is 195 g/mol. The molecule has 70 valence electrons. The predicted molar refractivity (Wildman–Crippen MR) is 53.7 cm³/mol. The van der Waals surface area contributed by atoms with Crippen LogP contribution in [0.4, 0.5) is 0 Å². The summed E-state index contributed by atoms with van der Waals surface area (Å²) in [6, 6.07) is 0. The first kappa shape index (κ1) is 8.94. The Hall–Kier alpha value is -0.640. The smallest absolute Gasteiger partial charge is 0.135 e. The zero-order chi connectivity index (χ0) is 8.93. The van der Waals surface area contributed by atoms with E-state index in [0.717, 1.165) is 5.82 Å². The number of thioether (sulfide) groups is 1. The van der Waals surface area contributed by atoms with Crippen LogP contribution in [0.1, 0.15) is 31.0 Å². The molecule has 3 nitrogen and oxygen atoms in total. The summed E-state index contributed by atoms with van der Waals surface area (Å²) in [5, 5.41) is 0. The molecule has 0 aliphatic carbocycles. The Morgan fingerprint density at radius 2 is 2.08 bits per heavy atom. The summed E-state index contributed by atoms with van der Waals surface area (Å²) in [6.45, 7) is 0. The van der Waals surface area contributed by atoms with E-state index < -0.39 is 0 Å². The van der Waals surface area contributed by atoms with Gasteiger partial charge < -0.3 is 0 Å². The van der Waals surface area contributed by atoms with Crippen molar-refractivity contribution in [1.29, 1.82) is 0 Å². The minimum Gasteiger partial charge on any atom is -0.225 e. The second kappa shape index (κ2) is 4.56. The van der Waals surface area contributed by atoms with Gasteiger partial charge in [0.25, 0.3) is 0 Å². The molecule has 0 radical (unpaired) electrons. The first-order chi connectivity index (χ1) is 6.47. The zero-order valence-electron chi connectivity index (χ0n) is 7.52. The van der Waals surface area contributed by atoms with Gasteiger partial charge in [0.2, 0.25) is 0 Å². The Kier molecular flexibility index (Phi) is 3.13. The van der Waals surface area contributed by atoms with Gasteiger partial charge in [0.1, 0.15) is 18.5 Å². The molecule has 1 aliphatic heterocycles. The van der Waals surface area contributed by atoms with E-state index >= 15 is 0 Å². The molecule has 0 spiro atoms. The Morgan fingerprint density at radius 1 is 1.23 bits per heavy atom. The molecular formula is C9H13N3S. The molecule has 0 saturated carbocycles. The summed E-state index contributed by atoms with van der Waals surface area (Å²) in [5.41, 5.74) is 0. The lowest BCUT2D eigenvalue weighted by molar-refractivity contribution is 0.611. The predicted octanol–water partition coefficient (Wildman–Crippen LogP) is 1.87. The molecule has 1 saturated heterocycles. The van der Waals surface area contributed by atoms with Crippen LogP contribution in [0.3, 0.4) is 0 Å². The molecule has 1 aliphatic rings. The summed E-state index contributed by atoms with van der Waals surface area (Å²) >= 11 is 2.02. The fourth-order valence-corrected chi connectivity index (χ4v) is 2.74. The Bertz CT molecular complexity index is 244. The van der Waals surface area contributed by atoms with Gasteiger partial charge in [0, 0.05) is 11.7 Å². The van der Waals surface area contributed by atoms with Crippen LogP contribution in [0.15, 0.2) is 12.7 Å². The molecule has 2 rings (SSSR count). The highest BCUT2D eigenvalue weighted by Gasteiger charge is 2.16. The molecule has 13 heavy (non-hydrogen) atoms. The molecule has 1 aromatic rings. The van der Waals surface area contributed by atoms with Crippen LogP contribution >= 0.6 is 11.8 Å². The van der Waals surface area contributed by atoms with Crippen LogP contribution in [-0.2, 0) is 0 Å². The highest BCUT2D eigenvalue weighted by atomic mass is 32.2. The molecule has 0 N–H and O–H groups in total. The van der Waals surface area contributed by atoms with Crippen molar-refractivity contribution in [1.82, 2.24) is 15.0 Å². The van der Waals surface area contributed by atoms with Crippen LogP contribution in [0.25, 0.3) is 0 Å². The number of rotatable bonds is 1. The Balaban J connectivity index is 2.06. The monoisotopic (exact) mass is 195 g/mol. The molecule has 1 unspecified atom stereocenters. The van der Waals surface area contributed by atoms with E-state index in [1.807, 2.05) is 11.8 Å². The molecule has 1 fully saturated rings. The molecular weight excluding hydrogens is 182 g/mol. The normalized spacial score (nSPS) is 23.8. The lowest BCUT2D eigenvalue weighted by atomic mass is 10.0. The topological polar surface area (TPSA) is 38.7 Å². The third-order valence-corrected chi connectivity index (χ3v) is 3.50. The van der Waals surface area contributed by atoms with E-state index in [1.54, 1.807) is 12.7 Å². The van der Waals surface area contributed by atoms with E-state index in [1.165, 1.54) is 30.8 Å². The van der Waals surface area contributed by atoms with Crippen molar-refractivity contribution in [3.8, 4) is 0 Å². The van der Waals surface area contributed by atoms with Crippen molar-refractivity contribution in [3.05, 3.63) is 18.5 Å². The third kappa shape index (κ3) is 2.40. The minimum atomic E-state index is 0.551. The third-order valence-electron chi connectivity index (χ3n) is 2.29. The Labute approximate surface area is 82.4 Å². The van der Waals surface area contributed by atoms with Crippen LogP contribution in [0.2, 0.25) is 0 Å². The molecule has 0 bridgehead atoms. The highest BCUT2D eigenvalue weighted by Crippen LogP contribution is 2.27. The van der Waals surface area contributed by atoms with Crippen molar-refractivity contribution < 1.29 is 0 Å². The van der Waals surface area contributed by atoms with Gasteiger partial charge in [-0.2, -0.15) is 11.8 Å². The fourth-order valence-electron chi connectivity index (χ4n) is 1.57. The van der Waals surface area contributed by atoms with Gasteiger partial charge >= 0.3 is 0 Å². The van der Waals surface area contributed by atoms with E-state index in [0.29, 0.717) is 5.92 Å². The molecule has 0 aromatic carbocycles. The van der Waals surface area contributed by atoms with E-state index in [-0.39, 0.29) is 0 Å². The van der Waals surface area contributed by atoms with Crippen LogP contribution < -0.4 is 0 Å². The number of nitrogens with zero attached hydrogens (tertiary/aromatic N) is 3. The summed E-state index contributed by atoms with van der Waals surface area (Å²) < 4.78 is 0. The Morgan fingerprint density at radius 3 is 2.92 bits per heavy atom. The molecule has 0 amide bonds. The summed E-state index contributed by atoms with van der Waals surface area (Å²) in [5.74, 6) is 3.99. The summed E-state index contributed by atoms with van der Waals surface area (Å²) in [7, 11) is 0. The van der Waals surface area contributed by atoms with Crippen molar-refractivity contribution in [2.75, 3.05) is 11.5 Å². The van der Waals surface area contributed by atoms with Crippen LogP contribution in [0.5, 0.6) is 0 Å². The number of hydrogen-bond donors (Lipinski definition) is 0. The van der Waals surface area contributed by atoms with Crippen molar-refractivity contribution in [2.45, 2.75) is 25.2 Å². The average Bonchev–Trinajstić information content (AvgIpc) is 2.47. The first-order valence-electron chi connectivity index (χ1n) is 4.66. The van der Waals surface area contributed by atoms with Gasteiger partial charge in [-0.25, -0.2) is 15.0 Å². The standard InChI is InChI=1S/C9H13N3S/c1-2-4-13-5-8(3-1)9-11-6-10-7-12-9/h6-8H,1-5H2. The van der Waals surface area contributed by atoms with Gasteiger partial charge in [0.15, 0.2) is 0 Å². The SMILES string of the molecule is c1ncnc(C2CCCCSC2)n1. The van der Waals surface area contributed by atoms with Gasteiger partial charge in [0.05, 0.1) is 0 Å². The van der Waals surface area contributed by atoms with Crippen LogP contribution in [-0.4, -0.2) is 26.5 Å².